The number of carbonyl (C=O) groups excluding carboxylic acids is 1. The fourth-order valence-electron chi connectivity index (χ4n) is 1.43. The van der Waals surface area contributed by atoms with E-state index in [1.807, 2.05) is 20.8 Å². The molecule has 1 rings (SSSR count). The van der Waals surface area contributed by atoms with Gasteiger partial charge in [0.1, 0.15) is 10.7 Å². The minimum absolute atomic E-state index is 0.136. The Balaban J connectivity index is 2.58. The van der Waals surface area contributed by atoms with Crippen molar-refractivity contribution in [1.82, 2.24) is 10.3 Å². The molecule has 1 heterocycles. The number of amides is 1. The molecule has 114 valence electrons. The number of anilines is 2. The van der Waals surface area contributed by atoms with Gasteiger partial charge in [0, 0.05) is 34.9 Å². The van der Waals surface area contributed by atoms with Gasteiger partial charge in [0.05, 0.1) is 0 Å². The van der Waals surface area contributed by atoms with Gasteiger partial charge in [-0.2, -0.15) is 0 Å². The van der Waals surface area contributed by atoms with Crippen LogP contribution >= 0.6 is 11.3 Å². The number of hydrogen-bond donors (Lipinski definition) is 3. The number of carbonyl (C=O) groups is 1. The lowest BCUT2D eigenvalue weighted by Gasteiger charge is -2.19. The smallest absolute Gasteiger partial charge is 0.265 e. The lowest BCUT2D eigenvalue weighted by Crippen LogP contribution is -2.26. The maximum Gasteiger partial charge on any atom is 0.265 e. The molecule has 0 bridgehead atoms. The molecule has 8 heteroatoms. The van der Waals surface area contributed by atoms with Crippen molar-refractivity contribution in [2.24, 2.45) is 0 Å². The van der Waals surface area contributed by atoms with E-state index < -0.39 is 10.8 Å². The molecule has 0 fully saturated rings. The van der Waals surface area contributed by atoms with Gasteiger partial charge in [0.25, 0.3) is 5.91 Å². The number of hydrogen-bond acceptors (Lipinski definition) is 6. The molecule has 0 aromatic carbocycles. The highest BCUT2D eigenvalue weighted by Crippen LogP contribution is 2.26. The third kappa shape index (κ3) is 5.87. The van der Waals surface area contributed by atoms with Crippen LogP contribution < -0.4 is 16.4 Å². The van der Waals surface area contributed by atoms with Gasteiger partial charge in [-0.15, -0.1) is 0 Å². The minimum atomic E-state index is -0.832. The van der Waals surface area contributed by atoms with E-state index in [9.17, 15) is 9.00 Å². The monoisotopic (exact) mass is 318 g/mol. The fraction of sp³-hybridized carbons (Fsp3) is 0.667. The van der Waals surface area contributed by atoms with E-state index in [1.54, 1.807) is 6.26 Å². The van der Waals surface area contributed by atoms with Gasteiger partial charge < -0.3 is 16.4 Å². The van der Waals surface area contributed by atoms with Crippen molar-refractivity contribution in [3.8, 4) is 0 Å². The Hall–Kier alpha value is -1.15. The van der Waals surface area contributed by atoms with Crippen LogP contribution in [0, 0.1) is 0 Å². The molecular weight excluding hydrogens is 296 g/mol. The van der Waals surface area contributed by atoms with E-state index in [1.165, 1.54) is 11.3 Å². The summed E-state index contributed by atoms with van der Waals surface area (Å²) in [6.45, 7) is 6.51. The quantitative estimate of drug-likeness (QED) is 0.690. The second-order valence-electron chi connectivity index (χ2n) is 5.50. The first-order valence-corrected chi connectivity index (χ1v) is 8.86. The van der Waals surface area contributed by atoms with Crippen LogP contribution in [0.4, 0.5) is 10.9 Å². The summed E-state index contributed by atoms with van der Waals surface area (Å²) in [6.07, 6.45) is 2.33. The zero-order valence-corrected chi connectivity index (χ0v) is 13.9. The molecule has 0 saturated carbocycles. The highest BCUT2D eigenvalue weighted by molar-refractivity contribution is 7.84. The number of nitrogen functional groups attached to an aromatic ring is 1. The second kappa shape index (κ2) is 7.03. The maximum atomic E-state index is 12.0. The summed E-state index contributed by atoms with van der Waals surface area (Å²) in [5.74, 6) is 0.581. The topological polar surface area (TPSA) is 97.1 Å². The zero-order valence-electron chi connectivity index (χ0n) is 12.3. The molecule has 1 amide bonds. The van der Waals surface area contributed by atoms with E-state index in [-0.39, 0.29) is 17.3 Å². The molecule has 0 aliphatic heterocycles. The van der Waals surface area contributed by atoms with Crippen LogP contribution in [-0.2, 0) is 10.8 Å². The summed E-state index contributed by atoms with van der Waals surface area (Å²) in [5.41, 5.74) is 5.63. The number of nitrogens with two attached hydrogens (primary N) is 1. The van der Waals surface area contributed by atoms with Crippen molar-refractivity contribution in [3.05, 3.63) is 4.88 Å². The Kier molecular flexibility index (Phi) is 5.94. The number of thiazole rings is 1. The van der Waals surface area contributed by atoms with Crippen LogP contribution in [0.15, 0.2) is 0 Å². The molecule has 1 unspecified atom stereocenters. The fourth-order valence-corrected chi connectivity index (χ4v) is 2.99. The van der Waals surface area contributed by atoms with Crippen molar-refractivity contribution in [3.63, 3.8) is 0 Å². The van der Waals surface area contributed by atoms with Crippen molar-refractivity contribution in [1.29, 1.82) is 0 Å². The largest absolute Gasteiger partial charge is 0.382 e. The lowest BCUT2D eigenvalue weighted by molar-refractivity contribution is 0.0958. The maximum absolute atomic E-state index is 12.0. The minimum Gasteiger partial charge on any atom is -0.382 e. The normalized spacial score (nSPS) is 13.0. The van der Waals surface area contributed by atoms with Crippen molar-refractivity contribution in [2.75, 3.05) is 29.6 Å². The van der Waals surface area contributed by atoms with Gasteiger partial charge in [0.15, 0.2) is 5.13 Å². The number of rotatable bonds is 6. The number of nitrogens with one attached hydrogen (secondary N) is 2. The summed E-state index contributed by atoms with van der Waals surface area (Å²) in [4.78, 5) is 16.5. The molecule has 1 atom stereocenters. The van der Waals surface area contributed by atoms with Crippen molar-refractivity contribution >= 4 is 39.0 Å². The van der Waals surface area contributed by atoms with Crippen LogP contribution in [-0.4, -0.2) is 39.2 Å². The first-order valence-electron chi connectivity index (χ1n) is 6.32. The third-order valence-electron chi connectivity index (χ3n) is 2.24. The predicted molar refractivity (Wildman–Crippen MR) is 85.8 cm³/mol. The van der Waals surface area contributed by atoms with E-state index in [0.29, 0.717) is 28.7 Å². The van der Waals surface area contributed by atoms with Crippen LogP contribution in [0.3, 0.4) is 0 Å². The van der Waals surface area contributed by atoms with Crippen molar-refractivity contribution in [2.45, 2.75) is 32.7 Å². The molecule has 0 saturated heterocycles. The summed E-state index contributed by atoms with van der Waals surface area (Å²) < 4.78 is 10.9. The molecule has 20 heavy (non-hydrogen) atoms. The van der Waals surface area contributed by atoms with Gasteiger partial charge in [-0.3, -0.25) is 9.00 Å². The van der Waals surface area contributed by atoms with Crippen molar-refractivity contribution < 1.29 is 9.00 Å². The standard InChI is InChI=1S/C12H22N4O2S2/c1-12(2,3)16-11-15-9(13)8(19-11)10(17)14-6-5-7-20(4)18/h5-7,13H2,1-4H3,(H,14,17)(H,15,16). The van der Waals surface area contributed by atoms with Crippen LogP contribution in [0.25, 0.3) is 0 Å². The van der Waals surface area contributed by atoms with Crippen LogP contribution in [0.1, 0.15) is 36.9 Å². The highest BCUT2D eigenvalue weighted by atomic mass is 32.2. The molecule has 0 spiro atoms. The summed E-state index contributed by atoms with van der Waals surface area (Å²) in [5, 5.41) is 6.58. The Morgan fingerprint density at radius 1 is 1.45 bits per heavy atom. The number of aromatic nitrogens is 1. The first kappa shape index (κ1) is 16.9. The Morgan fingerprint density at radius 3 is 2.65 bits per heavy atom. The first-order chi connectivity index (χ1) is 9.19. The third-order valence-corrected chi connectivity index (χ3v) is 4.08. The molecule has 0 aliphatic carbocycles. The second-order valence-corrected chi connectivity index (χ2v) is 8.05. The Labute approximate surface area is 126 Å². The van der Waals surface area contributed by atoms with Crippen LogP contribution in [0.2, 0.25) is 0 Å². The lowest BCUT2D eigenvalue weighted by atomic mass is 10.1. The highest BCUT2D eigenvalue weighted by Gasteiger charge is 2.18. The number of nitrogens with zero attached hydrogens (tertiary/aromatic N) is 1. The van der Waals surface area contributed by atoms with Gasteiger partial charge in [-0.1, -0.05) is 11.3 Å². The SMILES string of the molecule is CS(=O)CCCNC(=O)c1sc(NC(C)(C)C)nc1N. The molecule has 0 radical (unpaired) electrons. The molecule has 0 aliphatic rings. The predicted octanol–water partition coefficient (Wildman–Crippen LogP) is 1.43. The summed E-state index contributed by atoms with van der Waals surface area (Å²) in [7, 11) is -0.832. The van der Waals surface area contributed by atoms with Gasteiger partial charge in [-0.05, 0) is 27.2 Å². The van der Waals surface area contributed by atoms with Gasteiger partial charge >= 0.3 is 0 Å². The van der Waals surface area contributed by atoms with Gasteiger partial charge in [-0.25, -0.2) is 4.98 Å². The Morgan fingerprint density at radius 2 is 2.10 bits per heavy atom. The van der Waals surface area contributed by atoms with E-state index in [2.05, 4.69) is 15.6 Å². The summed E-state index contributed by atoms with van der Waals surface area (Å²) >= 11 is 1.24. The van der Waals surface area contributed by atoms with E-state index in [0.717, 1.165) is 0 Å². The van der Waals surface area contributed by atoms with Crippen LogP contribution in [0.5, 0.6) is 0 Å². The molecule has 1 aromatic heterocycles. The van der Waals surface area contributed by atoms with E-state index >= 15 is 0 Å². The average molecular weight is 318 g/mol. The molecule has 6 nitrogen and oxygen atoms in total. The molecule has 1 aromatic rings. The summed E-state index contributed by atoms with van der Waals surface area (Å²) in [6, 6.07) is 0. The Bertz CT molecular complexity index is 494. The molecular formula is C12H22N4O2S2. The molecule has 4 N–H and O–H groups in total. The average Bonchev–Trinajstić information content (AvgIpc) is 2.62. The zero-order chi connectivity index (χ0) is 15.3. The van der Waals surface area contributed by atoms with E-state index in [4.69, 9.17) is 5.73 Å². The van der Waals surface area contributed by atoms with Gasteiger partial charge in [0.2, 0.25) is 0 Å².